The number of benzene rings is 1. The third-order valence-electron chi connectivity index (χ3n) is 3.45. The molecule has 0 radical (unpaired) electrons. The average molecular weight is 257 g/mol. The molecule has 0 spiro atoms. The van der Waals surface area contributed by atoms with Gasteiger partial charge >= 0.3 is 0 Å². The number of aromatic amines is 1. The first kappa shape index (κ1) is 11.8. The molecular weight excluding hydrogens is 242 g/mol. The number of nitrogens with zero attached hydrogens (tertiary/aromatic N) is 1. The van der Waals surface area contributed by atoms with Gasteiger partial charge < -0.3 is 10.1 Å². The van der Waals surface area contributed by atoms with Crippen LogP contribution in [0.5, 0.6) is 5.75 Å². The molecule has 0 fully saturated rings. The minimum absolute atomic E-state index is 0.198. The SMILES string of the molecule is COc1ccc2c(c1NC(=O)c1ccn[nH]1)CCC2. The van der Waals surface area contributed by atoms with Gasteiger partial charge in [-0.3, -0.25) is 9.89 Å². The van der Waals surface area contributed by atoms with Crippen molar-refractivity contribution in [2.75, 3.05) is 12.4 Å². The molecule has 0 saturated heterocycles. The predicted molar refractivity (Wildman–Crippen MR) is 71.6 cm³/mol. The van der Waals surface area contributed by atoms with Crippen molar-refractivity contribution in [2.45, 2.75) is 19.3 Å². The highest BCUT2D eigenvalue weighted by Crippen LogP contribution is 2.36. The van der Waals surface area contributed by atoms with Crippen molar-refractivity contribution in [3.8, 4) is 5.75 Å². The monoisotopic (exact) mass is 257 g/mol. The Balaban J connectivity index is 1.96. The van der Waals surface area contributed by atoms with Crippen molar-refractivity contribution in [3.63, 3.8) is 0 Å². The topological polar surface area (TPSA) is 67.0 Å². The number of ether oxygens (including phenoxy) is 1. The Labute approximate surface area is 111 Å². The third-order valence-corrected chi connectivity index (χ3v) is 3.45. The second kappa shape index (κ2) is 4.76. The number of hydrogen-bond donors (Lipinski definition) is 2. The van der Waals surface area contributed by atoms with Gasteiger partial charge in [-0.05, 0) is 42.5 Å². The van der Waals surface area contributed by atoms with Crippen molar-refractivity contribution in [1.29, 1.82) is 0 Å². The molecule has 1 aliphatic carbocycles. The number of amides is 1. The van der Waals surface area contributed by atoms with Crippen LogP contribution in [0, 0.1) is 0 Å². The van der Waals surface area contributed by atoms with Crippen LogP contribution in [0.3, 0.4) is 0 Å². The van der Waals surface area contributed by atoms with E-state index < -0.39 is 0 Å². The fourth-order valence-electron chi connectivity index (χ4n) is 2.52. The highest BCUT2D eigenvalue weighted by Gasteiger charge is 2.20. The summed E-state index contributed by atoms with van der Waals surface area (Å²) in [6, 6.07) is 5.63. The van der Waals surface area contributed by atoms with Gasteiger partial charge in [0, 0.05) is 6.20 Å². The summed E-state index contributed by atoms with van der Waals surface area (Å²) in [5, 5.41) is 9.37. The van der Waals surface area contributed by atoms with Gasteiger partial charge in [-0.2, -0.15) is 5.10 Å². The maximum Gasteiger partial charge on any atom is 0.273 e. The lowest BCUT2D eigenvalue weighted by atomic mass is 10.1. The van der Waals surface area contributed by atoms with Crippen LogP contribution in [0.25, 0.3) is 0 Å². The molecule has 1 heterocycles. The molecule has 5 heteroatoms. The van der Waals surface area contributed by atoms with Crippen LogP contribution in [0.15, 0.2) is 24.4 Å². The van der Waals surface area contributed by atoms with Crippen molar-refractivity contribution in [1.82, 2.24) is 10.2 Å². The summed E-state index contributed by atoms with van der Waals surface area (Å²) in [7, 11) is 1.61. The van der Waals surface area contributed by atoms with E-state index in [0.717, 1.165) is 24.9 Å². The smallest absolute Gasteiger partial charge is 0.273 e. The molecule has 5 nitrogen and oxygen atoms in total. The number of aryl methyl sites for hydroxylation is 1. The lowest BCUT2D eigenvalue weighted by Gasteiger charge is -2.14. The van der Waals surface area contributed by atoms with Crippen LogP contribution in [0.4, 0.5) is 5.69 Å². The van der Waals surface area contributed by atoms with Crippen LogP contribution in [-0.2, 0) is 12.8 Å². The minimum Gasteiger partial charge on any atom is -0.495 e. The number of rotatable bonds is 3. The van der Waals surface area contributed by atoms with Gasteiger partial charge in [0.2, 0.25) is 0 Å². The van der Waals surface area contributed by atoms with Crippen molar-refractivity contribution in [2.24, 2.45) is 0 Å². The molecule has 1 amide bonds. The lowest BCUT2D eigenvalue weighted by Crippen LogP contribution is -2.14. The van der Waals surface area contributed by atoms with Crippen molar-refractivity contribution >= 4 is 11.6 Å². The summed E-state index contributed by atoms with van der Waals surface area (Å²) in [5.74, 6) is 0.504. The number of nitrogens with one attached hydrogen (secondary N) is 2. The van der Waals surface area contributed by atoms with E-state index in [4.69, 9.17) is 4.74 Å². The Kier molecular flexibility index (Phi) is 2.95. The molecule has 0 atom stereocenters. The van der Waals surface area contributed by atoms with E-state index in [0.29, 0.717) is 11.4 Å². The highest BCUT2D eigenvalue weighted by atomic mass is 16.5. The van der Waals surface area contributed by atoms with Gasteiger partial charge in [0.05, 0.1) is 12.8 Å². The van der Waals surface area contributed by atoms with E-state index >= 15 is 0 Å². The van der Waals surface area contributed by atoms with E-state index in [9.17, 15) is 4.79 Å². The van der Waals surface area contributed by atoms with Gasteiger partial charge in [-0.25, -0.2) is 0 Å². The number of H-pyrrole nitrogens is 1. The van der Waals surface area contributed by atoms with Crippen LogP contribution < -0.4 is 10.1 Å². The second-order valence-electron chi connectivity index (χ2n) is 4.56. The maximum atomic E-state index is 12.1. The quantitative estimate of drug-likeness (QED) is 0.885. The zero-order chi connectivity index (χ0) is 13.2. The molecule has 1 aromatic heterocycles. The molecule has 1 aliphatic rings. The largest absolute Gasteiger partial charge is 0.495 e. The molecule has 3 rings (SSSR count). The molecule has 19 heavy (non-hydrogen) atoms. The molecule has 98 valence electrons. The van der Waals surface area contributed by atoms with Gasteiger partial charge in [0.15, 0.2) is 0 Å². The standard InChI is InChI=1S/C14H15N3O2/c1-19-12-6-5-9-3-2-4-10(9)13(12)16-14(18)11-7-8-15-17-11/h5-8H,2-4H2,1H3,(H,15,17)(H,16,18). The number of anilines is 1. The van der Waals surface area contributed by atoms with Crippen molar-refractivity contribution in [3.05, 3.63) is 41.2 Å². The molecule has 1 aromatic carbocycles. The predicted octanol–water partition coefficient (Wildman–Crippen LogP) is 2.16. The lowest BCUT2D eigenvalue weighted by molar-refractivity contribution is 0.102. The Morgan fingerprint density at radius 3 is 3.00 bits per heavy atom. The van der Waals surface area contributed by atoms with E-state index in [1.807, 2.05) is 6.07 Å². The van der Waals surface area contributed by atoms with Crippen molar-refractivity contribution < 1.29 is 9.53 Å². The summed E-state index contributed by atoms with van der Waals surface area (Å²) in [4.78, 5) is 12.1. The summed E-state index contributed by atoms with van der Waals surface area (Å²) in [6.07, 6.45) is 4.72. The Bertz CT molecular complexity index is 605. The molecule has 0 saturated carbocycles. The van der Waals surface area contributed by atoms with Gasteiger partial charge in [0.25, 0.3) is 5.91 Å². The minimum atomic E-state index is -0.198. The van der Waals surface area contributed by atoms with E-state index in [2.05, 4.69) is 21.6 Å². The molecule has 2 N–H and O–H groups in total. The van der Waals surface area contributed by atoms with E-state index in [-0.39, 0.29) is 5.91 Å². The van der Waals surface area contributed by atoms with Gasteiger partial charge in [-0.1, -0.05) is 6.07 Å². The number of methoxy groups -OCH3 is 1. The van der Waals surface area contributed by atoms with Gasteiger partial charge in [0.1, 0.15) is 11.4 Å². The Hall–Kier alpha value is -2.30. The van der Waals surface area contributed by atoms with Crippen LogP contribution in [0.2, 0.25) is 0 Å². The summed E-state index contributed by atoms with van der Waals surface area (Å²) >= 11 is 0. The first-order valence-corrected chi connectivity index (χ1v) is 6.29. The Morgan fingerprint density at radius 2 is 2.26 bits per heavy atom. The number of carbonyl (C=O) groups excluding carboxylic acids is 1. The van der Waals surface area contributed by atoms with Crippen LogP contribution >= 0.6 is 0 Å². The number of aromatic nitrogens is 2. The summed E-state index contributed by atoms with van der Waals surface area (Å²) in [6.45, 7) is 0. The number of carbonyl (C=O) groups is 1. The molecule has 2 aromatic rings. The second-order valence-corrected chi connectivity index (χ2v) is 4.56. The van der Waals surface area contributed by atoms with Gasteiger partial charge in [-0.15, -0.1) is 0 Å². The highest BCUT2D eigenvalue weighted by molar-refractivity contribution is 6.04. The zero-order valence-corrected chi connectivity index (χ0v) is 10.7. The molecule has 0 unspecified atom stereocenters. The summed E-state index contributed by atoms with van der Waals surface area (Å²) in [5.41, 5.74) is 3.71. The van der Waals surface area contributed by atoms with E-state index in [1.54, 1.807) is 19.4 Å². The fraction of sp³-hybridized carbons (Fsp3) is 0.286. The van der Waals surface area contributed by atoms with Crippen LogP contribution in [0.1, 0.15) is 28.0 Å². The zero-order valence-electron chi connectivity index (χ0n) is 10.7. The number of hydrogen-bond acceptors (Lipinski definition) is 3. The Morgan fingerprint density at radius 1 is 1.37 bits per heavy atom. The normalized spacial score (nSPS) is 13.1. The fourth-order valence-corrected chi connectivity index (χ4v) is 2.52. The first-order valence-electron chi connectivity index (χ1n) is 6.29. The average Bonchev–Trinajstić information content (AvgIpc) is 3.10. The third kappa shape index (κ3) is 2.07. The summed E-state index contributed by atoms with van der Waals surface area (Å²) < 4.78 is 5.35. The molecule has 0 bridgehead atoms. The maximum absolute atomic E-state index is 12.1. The van der Waals surface area contributed by atoms with E-state index in [1.165, 1.54) is 11.1 Å². The molecule has 0 aliphatic heterocycles. The van der Waals surface area contributed by atoms with Crippen LogP contribution in [-0.4, -0.2) is 23.2 Å². The molecular formula is C14H15N3O2. The first-order chi connectivity index (χ1) is 9.29. The number of fused-ring (bicyclic) bond motifs is 1.